The molecule has 0 aliphatic rings. The van der Waals surface area contributed by atoms with Crippen LogP contribution in [0, 0.1) is 0 Å². The molecule has 0 saturated carbocycles. The fourth-order valence-corrected chi connectivity index (χ4v) is 3.10. The molecule has 0 spiro atoms. The molecule has 0 aliphatic carbocycles. The van der Waals surface area contributed by atoms with Gasteiger partial charge in [0.05, 0.1) is 21.4 Å². The van der Waals surface area contributed by atoms with E-state index < -0.39 is 0 Å². The third-order valence-corrected chi connectivity index (χ3v) is 4.63. The van der Waals surface area contributed by atoms with Gasteiger partial charge in [-0.25, -0.2) is 4.98 Å². The quantitative estimate of drug-likeness (QED) is 0.579. The zero-order valence-corrected chi connectivity index (χ0v) is 13.7. The number of thiazole rings is 1. The Bertz CT molecular complexity index is 786. The average Bonchev–Trinajstić information content (AvgIpc) is 2.93. The SMILES string of the molecule is Clc1cccc(-c2csc(Nc3cccc(Cl)c3Cl)n2)c1. The smallest absolute Gasteiger partial charge is 0.187 e. The van der Waals surface area contributed by atoms with Gasteiger partial charge in [-0.3, -0.25) is 0 Å². The number of nitrogens with zero attached hydrogens (tertiary/aromatic N) is 1. The Morgan fingerprint density at radius 2 is 1.81 bits per heavy atom. The van der Waals surface area contributed by atoms with Crippen molar-refractivity contribution in [1.82, 2.24) is 4.98 Å². The van der Waals surface area contributed by atoms with E-state index >= 15 is 0 Å². The van der Waals surface area contributed by atoms with Crippen molar-refractivity contribution in [3.05, 3.63) is 62.9 Å². The zero-order valence-electron chi connectivity index (χ0n) is 10.6. The summed E-state index contributed by atoms with van der Waals surface area (Å²) in [7, 11) is 0. The van der Waals surface area contributed by atoms with Gasteiger partial charge >= 0.3 is 0 Å². The molecule has 1 heterocycles. The first-order valence-corrected chi connectivity index (χ1v) is 8.07. The Kier molecular flexibility index (Phi) is 4.36. The number of rotatable bonds is 3. The summed E-state index contributed by atoms with van der Waals surface area (Å²) in [5, 5.41) is 7.57. The molecule has 0 amide bonds. The largest absolute Gasteiger partial charge is 0.330 e. The summed E-state index contributed by atoms with van der Waals surface area (Å²) in [6.07, 6.45) is 0. The molecule has 1 aromatic heterocycles. The van der Waals surface area contributed by atoms with Crippen molar-refractivity contribution in [3.63, 3.8) is 0 Å². The van der Waals surface area contributed by atoms with E-state index in [1.807, 2.05) is 41.8 Å². The number of anilines is 2. The Labute approximate surface area is 141 Å². The van der Waals surface area contributed by atoms with Gasteiger partial charge in [-0.2, -0.15) is 0 Å². The lowest BCUT2D eigenvalue weighted by atomic mass is 10.2. The van der Waals surface area contributed by atoms with Crippen LogP contribution in [-0.4, -0.2) is 4.98 Å². The van der Waals surface area contributed by atoms with Crippen molar-refractivity contribution in [2.45, 2.75) is 0 Å². The standard InChI is InChI=1S/C15H9Cl3N2S/c16-10-4-1-3-9(7-10)13-8-21-15(20-13)19-12-6-2-5-11(17)14(12)18/h1-8H,(H,19,20). The maximum absolute atomic E-state index is 6.15. The van der Waals surface area contributed by atoms with Crippen LogP contribution in [0.1, 0.15) is 0 Å². The highest BCUT2D eigenvalue weighted by atomic mass is 35.5. The lowest BCUT2D eigenvalue weighted by molar-refractivity contribution is 1.38. The molecule has 0 saturated heterocycles. The maximum atomic E-state index is 6.15. The molecule has 0 fully saturated rings. The molecule has 0 radical (unpaired) electrons. The van der Waals surface area contributed by atoms with Crippen LogP contribution in [-0.2, 0) is 0 Å². The number of hydrogen-bond acceptors (Lipinski definition) is 3. The minimum Gasteiger partial charge on any atom is -0.330 e. The average molecular weight is 356 g/mol. The van der Waals surface area contributed by atoms with E-state index in [9.17, 15) is 0 Å². The van der Waals surface area contributed by atoms with Gasteiger partial charge in [0.25, 0.3) is 0 Å². The molecule has 0 unspecified atom stereocenters. The van der Waals surface area contributed by atoms with E-state index in [1.54, 1.807) is 6.07 Å². The second-order valence-electron chi connectivity index (χ2n) is 4.27. The lowest BCUT2D eigenvalue weighted by Crippen LogP contribution is -1.90. The fraction of sp³-hybridized carbons (Fsp3) is 0. The predicted octanol–water partition coefficient (Wildman–Crippen LogP) is 6.51. The topological polar surface area (TPSA) is 24.9 Å². The predicted molar refractivity (Wildman–Crippen MR) is 92.3 cm³/mol. The molecule has 106 valence electrons. The van der Waals surface area contributed by atoms with Crippen molar-refractivity contribution in [1.29, 1.82) is 0 Å². The molecule has 2 nitrogen and oxygen atoms in total. The van der Waals surface area contributed by atoms with E-state index in [0.717, 1.165) is 22.1 Å². The molecular formula is C15H9Cl3N2S. The van der Waals surface area contributed by atoms with Gasteiger partial charge in [-0.1, -0.05) is 53.0 Å². The summed E-state index contributed by atoms with van der Waals surface area (Å²) in [6, 6.07) is 13.0. The summed E-state index contributed by atoms with van der Waals surface area (Å²) >= 11 is 19.6. The third-order valence-electron chi connectivity index (χ3n) is 2.82. The Morgan fingerprint density at radius 1 is 1.00 bits per heavy atom. The molecular weight excluding hydrogens is 347 g/mol. The second-order valence-corrected chi connectivity index (χ2v) is 6.35. The molecule has 1 N–H and O–H groups in total. The fourth-order valence-electron chi connectivity index (χ4n) is 1.83. The van der Waals surface area contributed by atoms with Crippen molar-refractivity contribution in [2.75, 3.05) is 5.32 Å². The van der Waals surface area contributed by atoms with Gasteiger partial charge in [0.15, 0.2) is 5.13 Å². The van der Waals surface area contributed by atoms with Crippen LogP contribution in [0.2, 0.25) is 15.1 Å². The summed E-state index contributed by atoms with van der Waals surface area (Å²) < 4.78 is 0. The molecule has 0 bridgehead atoms. The van der Waals surface area contributed by atoms with Crippen LogP contribution in [0.3, 0.4) is 0 Å². The van der Waals surface area contributed by atoms with E-state index in [-0.39, 0.29) is 0 Å². The minimum absolute atomic E-state index is 0.485. The van der Waals surface area contributed by atoms with Gasteiger partial charge in [-0.05, 0) is 24.3 Å². The van der Waals surface area contributed by atoms with E-state index in [1.165, 1.54) is 11.3 Å². The zero-order chi connectivity index (χ0) is 14.8. The Hall–Kier alpha value is -1.26. The highest BCUT2D eigenvalue weighted by Crippen LogP contribution is 2.34. The molecule has 0 aliphatic heterocycles. The molecule has 6 heteroatoms. The highest BCUT2D eigenvalue weighted by Gasteiger charge is 2.08. The number of aromatic nitrogens is 1. The molecule has 21 heavy (non-hydrogen) atoms. The number of benzene rings is 2. The molecule has 0 atom stereocenters. The Balaban J connectivity index is 1.87. The first kappa shape index (κ1) is 14.7. The highest BCUT2D eigenvalue weighted by molar-refractivity contribution is 7.14. The number of nitrogens with one attached hydrogen (secondary N) is 1. The van der Waals surface area contributed by atoms with Crippen molar-refractivity contribution in [2.24, 2.45) is 0 Å². The van der Waals surface area contributed by atoms with Gasteiger partial charge in [0.1, 0.15) is 0 Å². The van der Waals surface area contributed by atoms with Gasteiger partial charge < -0.3 is 5.32 Å². The van der Waals surface area contributed by atoms with E-state index in [0.29, 0.717) is 15.1 Å². The molecule has 3 aromatic rings. The number of halogens is 3. The summed E-state index contributed by atoms with van der Waals surface area (Å²) in [6.45, 7) is 0. The lowest BCUT2D eigenvalue weighted by Gasteiger charge is -2.06. The van der Waals surface area contributed by atoms with E-state index in [4.69, 9.17) is 34.8 Å². The third kappa shape index (κ3) is 3.33. The van der Waals surface area contributed by atoms with Gasteiger partial charge in [0, 0.05) is 16.0 Å². The summed E-state index contributed by atoms with van der Waals surface area (Å²) in [5.41, 5.74) is 2.57. The monoisotopic (exact) mass is 354 g/mol. The summed E-state index contributed by atoms with van der Waals surface area (Å²) in [5.74, 6) is 0. The van der Waals surface area contributed by atoms with Crippen molar-refractivity contribution < 1.29 is 0 Å². The van der Waals surface area contributed by atoms with Crippen molar-refractivity contribution >= 4 is 57.0 Å². The normalized spacial score (nSPS) is 10.6. The second kappa shape index (κ2) is 6.24. The van der Waals surface area contributed by atoms with Gasteiger partial charge in [-0.15, -0.1) is 11.3 Å². The maximum Gasteiger partial charge on any atom is 0.187 e. The van der Waals surface area contributed by atoms with Crippen LogP contribution in [0.5, 0.6) is 0 Å². The summed E-state index contributed by atoms with van der Waals surface area (Å²) in [4.78, 5) is 4.53. The minimum atomic E-state index is 0.485. The van der Waals surface area contributed by atoms with Crippen LogP contribution in [0.15, 0.2) is 47.8 Å². The van der Waals surface area contributed by atoms with E-state index in [2.05, 4.69) is 10.3 Å². The van der Waals surface area contributed by atoms with Crippen molar-refractivity contribution in [3.8, 4) is 11.3 Å². The van der Waals surface area contributed by atoms with Gasteiger partial charge in [0.2, 0.25) is 0 Å². The first-order valence-electron chi connectivity index (χ1n) is 6.06. The van der Waals surface area contributed by atoms with Crippen LogP contribution in [0.25, 0.3) is 11.3 Å². The molecule has 3 rings (SSSR count). The molecule has 2 aromatic carbocycles. The first-order chi connectivity index (χ1) is 10.1. The van der Waals surface area contributed by atoms with Crippen LogP contribution < -0.4 is 5.32 Å². The Morgan fingerprint density at radius 3 is 2.62 bits per heavy atom. The van der Waals surface area contributed by atoms with Crippen LogP contribution in [0.4, 0.5) is 10.8 Å². The van der Waals surface area contributed by atoms with Crippen LogP contribution >= 0.6 is 46.1 Å². The number of hydrogen-bond donors (Lipinski definition) is 1.